The first kappa shape index (κ1) is 27.0. The number of Topliss-reactive ketones (excluding diaryl/α,β-unsaturated/α-hetero) is 1. The molecule has 1 saturated heterocycles. The molecule has 2 heterocycles. The molecule has 1 fully saturated rings. The Morgan fingerprint density at radius 1 is 1.03 bits per heavy atom. The van der Waals surface area contributed by atoms with E-state index in [0.29, 0.717) is 27.9 Å². The Balaban J connectivity index is 1.41. The largest absolute Gasteiger partial charge is 0.508 e. The van der Waals surface area contributed by atoms with Crippen molar-refractivity contribution in [1.82, 2.24) is 0 Å². The van der Waals surface area contributed by atoms with Crippen LogP contribution in [0.25, 0.3) is 0 Å². The van der Waals surface area contributed by atoms with Crippen molar-refractivity contribution < 1.29 is 35.1 Å². The molecule has 0 saturated carbocycles. The zero-order valence-electron chi connectivity index (χ0n) is 22.0. The molecule has 2 aliphatic heterocycles. The number of phenols is 3. The lowest BCUT2D eigenvalue weighted by Gasteiger charge is -2.29. The molecule has 0 radical (unpaired) electrons. The standard InChI is InChI=1S/C31H35NO7/c1-2-3-5-20-13-28(36)25(29(37)14-20)17-32-27-9-8-21(18-33)12-26(27)31(38)16-24(39-30(31)32)15-23(35)11-19-6-4-7-22(34)10-19/h4,6-10,12-14,24,30,33-34,36-38H,2-3,5,11,15-18H2,1H3. The lowest BCUT2D eigenvalue weighted by Crippen LogP contribution is -2.41. The van der Waals surface area contributed by atoms with Crippen LogP contribution in [0.1, 0.15) is 60.4 Å². The number of carbonyl (C=O) groups excluding carboxylic acids is 1. The molecule has 0 bridgehead atoms. The maximum absolute atomic E-state index is 12.9. The molecular formula is C31H35NO7. The number of benzene rings is 3. The van der Waals surface area contributed by atoms with Gasteiger partial charge < -0.3 is 35.2 Å². The third-order valence-corrected chi connectivity index (χ3v) is 7.75. The summed E-state index contributed by atoms with van der Waals surface area (Å²) in [5.74, 6) is -0.0390. The summed E-state index contributed by atoms with van der Waals surface area (Å²) in [5, 5.41) is 53.0. The molecule has 206 valence electrons. The van der Waals surface area contributed by atoms with Crippen LogP contribution in [-0.4, -0.2) is 43.6 Å². The van der Waals surface area contributed by atoms with Crippen LogP contribution >= 0.6 is 0 Å². The van der Waals surface area contributed by atoms with Gasteiger partial charge in [0.15, 0.2) is 6.23 Å². The minimum atomic E-state index is -1.44. The Kier molecular flexibility index (Phi) is 7.53. The first-order valence-electron chi connectivity index (χ1n) is 13.4. The minimum Gasteiger partial charge on any atom is -0.508 e. The fourth-order valence-corrected chi connectivity index (χ4v) is 5.83. The molecule has 5 rings (SSSR count). The summed E-state index contributed by atoms with van der Waals surface area (Å²) in [6.45, 7) is 1.97. The van der Waals surface area contributed by atoms with Crippen LogP contribution in [0.15, 0.2) is 54.6 Å². The van der Waals surface area contributed by atoms with E-state index in [1.54, 1.807) is 59.5 Å². The highest BCUT2D eigenvalue weighted by Crippen LogP contribution is 2.53. The smallest absolute Gasteiger partial charge is 0.164 e. The number of nitrogens with zero attached hydrogens (tertiary/aromatic N) is 1. The number of carbonyl (C=O) groups is 1. The fraction of sp³-hybridized carbons (Fsp3) is 0.387. The number of ether oxygens (including phenoxy) is 1. The summed E-state index contributed by atoms with van der Waals surface area (Å²) in [4.78, 5) is 14.7. The zero-order chi connectivity index (χ0) is 27.7. The highest BCUT2D eigenvalue weighted by atomic mass is 16.5. The van der Waals surface area contributed by atoms with Gasteiger partial charge in [-0.15, -0.1) is 0 Å². The van der Waals surface area contributed by atoms with Gasteiger partial charge in [0.2, 0.25) is 0 Å². The molecule has 8 nitrogen and oxygen atoms in total. The number of rotatable bonds is 10. The summed E-state index contributed by atoms with van der Waals surface area (Å²) in [7, 11) is 0. The molecule has 3 aromatic carbocycles. The van der Waals surface area contributed by atoms with Crippen LogP contribution in [0.4, 0.5) is 5.69 Å². The number of aliphatic hydroxyl groups excluding tert-OH is 1. The maximum atomic E-state index is 12.9. The summed E-state index contributed by atoms with van der Waals surface area (Å²) < 4.78 is 6.30. The van der Waals surface area contributed by atoms with Gasteiger partial charge in [-0.25, -0.2) is 0 Å². The van der Waals surface area contributed by atoms with E-state index in [9.17, 15) is 30.3 Å². The van der Waals surface area contributed by atoms with Gasteiger partial charge in [0.25, 0.3) is 0 Å². The number of hydrogen-bond donors (Lipinski definition) is 5. The number of fused-ring (bicyclic) bond motifs is 3. The van der Waals surface area contributed by atoms with Crippen LogP contribution in [-0.2, 0) is 41.1 Å². The molecule has 0 aliphatic carbocycles. The number of phenolic OH excluding ortho intramolecular Hbond substituents is 3. The van der Waals surface area contributed by atoms with E-state index in [2.05, 4.69) is 6.92 Å². The molecule has 3 aromatic rings. The van der Waals surface area contributed by atoms with Crippen LogP contribution < -0.4 is 4.90 Å². The monoisotopic (exact) mass is 533 g/mol. The summed E-state index contributed by atoms with van der Waals surface area (Å²) in [6.07, 6.45) is 1.68. The van der Waals surface area contributed by atoms with Crippen LogP contribution in [0.3, 0.4) is 0 Å². The Labute approximate surface area is 227 Å². The van der Waals surface area contributed by atoms with Crippen molar-refractivity contribution in [1.29, 1.82) is 0 Å². The second kappa shape index (κ2) is 10.9. The molecule has 39 heavy (non-hydrogen) atoms. The molecular weight excluding hydrogens is 498 g/mol. The Morgan fingerprint density at radius 3 is 2.49 bits per heavy atom. The lowest BCUT2D eigenvalue weighted by atomic mass is 9.89. The van der Waals surface area contributed by atoms with E-state index in [0.717, 1.165) is 24.8 Å². The molecule has 3 atom stereocenters. The second-order valence-electron chi connectivity index (χ2n) is 10.7. The minimum absolute atomic E-state index is 0.0269. The average molecular weight is 534 g/mol. The van der Waals surface area contributed by atoms with Gasteiger partial charge in [-0.3, -0.25) is 4.79 Å². The van der Waals surface area contributed by atoms with Crippen LogP contribution in [0.5, 0.6) is 17.2 Å². The van der Waals surface area contributed by atoms with Gasteiger partial charge in [-0.1, -0.05) is 31.5 Å². The molecule has 0 spiro atoms. The Bertz CT molecular complexity index is 1350. The number of aromatic hydroxyl groups is 3. The normalized spacial score (nSPS) is 21.7. The van der Waals surface area contributed by atoms with Gasteiger partial charge in [0.1, 0.15) is 28.6 Å². The SMILES string of the molecule is CCCCc1cc(O)c(CN2c3ccc(CO)cc3C3(O)CC(CC(=O)Cc4cccc(O)c4)OC23)c(O)c1. The zero-order valence-corrected chi connectivity index (χ0v) is 22.0. The van der Waals surface area contributed by atoms with E-state index in [1.807, 2.05) is 0 Å². The molecule has 8 heteroatoms. The maximum Gasteiger partial charge on any atom is 0.164 e. The molecule has 5 N–H and O–H groups in total. The lowest BCUT2D eigenvalue weighted by molar-refractivity contribution is -0.121. The number of unbranched alkanes of at least 4 members (excludes halogenated alkanes) is 1. The summed E-state index contributed by atoms with van der Waals surface area (Å²) >= 11 is 0. The van der Waals surface area contributed by atoms with Crippen LogP contribution in [0, 0.1) is 0 Å². The van der Waals surface area contributed by atoms with E-state index in [-0.39, 0.29) is 55.4 Å². The van der Waals surface area contributed by atoms with Crippen molar-refractivity contribution in [3.63, 3.8) is 0 Å². The van der Waals surface area contributed by atoms with E-state index >= 15 is 0 Å². The first-order chi connectivity index (χ1) is 18.7. The van der Waals surface area contributed by atoms with E-state index in [1.165, 1.54) is 0 Å². The fourth-order valence-electron chi connectivity index (χ4n) is 5.83. The second-order valence-corrected chi connectivity index (χ2v) is 10.7. The van der Waals surface area contributed by atoms with Crippen molar-refractivity contribution in [2.24, 2.45) is 0 Å². The van der Waals surface area contributed by atoms with Gasteiger partial charge in [-0.05, 0) is 65.9 Å². The Hall–Kier alpha value is -3.59. The van der Waals surface area contributed by atoms with Gasteiger partial charge in [-0.2, -0.15) is 0 Å². The predicted octanol–water partition coefficient (Wildman–Crippen LogP) is 4.16. The van der Waals surface area contributed by atoms with E-state index < -0.39 is 17.9 Å². The predicted molar refractivity (Wildman–Crippen MR) is 146 cm³/mol. The first-order valence-corrected chi connectivity index (χ1v) is 13.4. The van der Waals surface area contributed by atoms with Gasteiger partial charge in [0.05, 0.1) is 24.8 Å². The van der Waals surface area contributed by atoms with Crippen molar-refractivity contribution in [3.05, 3.63) is 82.4 Å². The van der Waals surface area contributed by atoms with Crippen molar-refractivity contribution in [2.45, 2.75) is 76.5 Å². The Morgan fingerprint density at radius 2 is 1.79 bits per heavy atom. The van der Waals surface area contributed by atoms with Crippen molar-refractivity contribution in [3.8, 4) is 17.2 Å². The van der Waals surface area contributed by atoms with Crippen LogP contribution in [0.2, 0.25) is 0 Å². The quantitative estimate of drug-likeness (QED) is 0.263. The average Bonchev–Trinajstić information content (AvgIpc) is 3.33. The van der Waals surface area contributed by atoms with Crippen molar-refractivity contribution >= 4 is 11.5 Å². The number of hydrogen-bond acceptors (Lipinski definition) is 8. The van der Waals surface area contributed by atoms with Gasteiger partial charge in [0, 0.05) is 30.5 Å². The number of anilines is 1. The van der Waals surface area contributed by atoms with E-state index in [4.69, 9.17) is 4.74 Å². The third kappa shape index (κ3) is 5.32. The molecule has 0 amide bonds. The highest BCUT2D eigenvalue weighted by molar-refractivity contribution is 5.81. The summed E-state index contributed by atoms with van der Waals surface area (Å²) in [5.41, 5.74) is 2.33. The third-order valence-electron chi connectivity index (χ3n) is 7.75. The molecule has 2 aliphatic rings. The number of aryl methyl sites for hydroxylation is 1. The highest BCUT2D eigenvalue weighted by Gasteiger charge is 2.57. The molecule has 0 aromatic heterocycles. The molecule has 3 unspecified atom stereocenters. The summed E-state index contributed by atoms with van der Waals surface area (Å²) in [6, 6.07) is 15.2. The topological polar surface area (TPSA) is 131 Å². The number of ketones is 1. The van der Waals surface area contributed by atoms with Gasteiger partial charge >= 0.3 is 0 Å². The van der Waals surface area contributed by atoms with Crippen molar-refractivity contribution in [2.75, 3.05) is 4.90 Å². The number of aliphatic hydroxyl groups is 2.